The summed E-state index contributed by atoms with van der Waals surface area (Å²) in [5, 5.41) is 10.7. The van der Waals surface area contributed by atoms with Gasteiger partial charge >= 0.3 is 0 Å². The number of aromatic nitrogens is 2. The first-order chi connectivity index (χ1) is 9.81. The molecule has 0 amide bonds. The minimum atomic E-state index is -0.425. The van der Waals surface area contributed by atoms with Crippen molar-refractivity contribution in [1.29, 1.82) is 0 Å². The summed E-state index contributed by atoms with van der Waals surface area (Å²) in [6.07, 6.45) is 5.69. The van der Waals surface area contributed by atoms with E-state index >= 15 is 0 Å². The molecule has 1 aromatic heterocycles. The van der Waals surface area contributed by atoms with Crippen LogP contribution >= 0.6 is 0 Å². The van der Waals surface area contributed by atoms with E-state index in [1.165, 1.54) is 17.5 Å². The van der Waals surface area contributed by atoms with E-state index in [0.717, 1.165) is 18.8 Å². The maximum atomic E-state index is 10.7. The van der Waals surface area contributed by atoms with Gasteiger partial charge in [0.25, 0.3) is 0 Å². The second-order valence-corrected chi connectivity index (χ2v) is 6.02. The Morgan fingerprint density at radius 3 is 3.10 bits per heavy atom. The topological polar surface area (TPSA) is 38.0 Å². The summed E-state index contributed by atoms with van der Waals surface area (Å²) in [4.78, 5) is 4.38. The van der Waals surface area contributed by atoms with E-state index in [2.05, 4.69) is 40.7 Å². The number of benzene rings is 1. The highest BCUT2D eigenvalue weighted by molar-refractivity contribution is 5.40. The second-order valence-electron chi connectivity index (χ2n) is 6.02. The van der Waals surface area contributed by atoms with Gasteiger partial charge in [-0.15, -0.1) is 0 Å². The standard InChI is InChI=1S/C17H20N2O/c1-2-19-10-9-18-17(19)16(20)15-13-8-7-11-5-3-4-6-12(11)14(13)15/h3-6,9-10,13-16,20H,2,7-8H2,1H3. The van der Waals surface area contributed by atoms with Gasteiger partial charge in [-0.25, -0.2) is 4.98 Å². The molecule has 4 atom stereocenters. The number of hydrogen-bond acceptors (Lipinski definition) is 2. The van der Waals surface area contributed by atoms with E-state index in [9.17, 15) is 5.11 Å². The van der Waals surface area contributed by atoms with Gasteiger partial charge in [-0.05, 0) is 42.7 Å². The molecule has 2 aliphatic carbocycles. The first-order valence-corrected chi connectivity index (χ1v) is 7.58. The van der Waals surface area contributed by atoms with Gasteiger partial charge in [0.15, 0.2) is 0 Å². The van der Waals surface area contributed by atoms with Crippen molar-refractivity contribution in [2.24, 2.45) is 11.8 Å². The predicted molar refractivity (Wildman–Crippen MR) is 77.3 cm³/mol. The molecule has 2 aliphatic rings. The van der Waals surface area contributed by atoms with Crippen molar-refractivity contribution in [1.82, 2.24) is 9.55 Å². The lowest BCUT2D eigenvalue weighted by atomic mass is 9.92. The zero-order valence-corrected chi connectivity index (χ0v) is 11.7. The van der Waals surface area contributed by atoms with Crippen LogP contribution in [-0.2, 0) is 13.0 Å². The van der Waals surface area contributed by atoms with Crippen LogP contribution in [0.5, 0.6) is 0 Å². The summed E-state index contributed by atoms with van der Waals surface area (Å²) in [6, 6.07) is 8.72. The van der Waals surface area contributed by atoms with Crippen molar-refractivity contribution in [3.63, 3.8) is 0 Å². The molecule has 2 aromatic rings. The predicted octanol–water partition coefficient (Wildman–Crippen LogP) is 2.91. The molecule has 1 heterocycles. The van der Waals surface area contributed by atoms with E-state index in [1.54, 1.807) is 6.20 Å². The van der Waals surface area contributed by atoms with E-state index in [-0.39, 0.29) is 0 Å². The average molecular weight is 268 g/mol. The quantitative estimate of drug-likeness (QED) is 0.929. The molecule has 104 valence electrons. The number of hydrogen-bond donors (Lipinski definition) is 1. The second kappa shape index (κ2) is 4.45. The Morgan fingerprint density at radius 1 is 1.40 bits per heavy atom. The lowest BCUT2D eigenvalue weighted by molar-refractivity contribution is 0.131. The molecular weight excluding hydrogens is 248 g/mol. The third kappa shape index (κ3) is 1.66. The van der Waals surface area contributed by atoms with Crippen molar-refractivity contribution in [2.45, 2.75) is 38.3 Å². The molecule has 0 spiro atoms. The number of aliphatic hydroxyl groups is 1. The zero-order valence-electron chi connectivity index (χ0n) is 11.7. The van der Waals surface area contributed by atoms with Crippen LogP contribution in [0.3, 0.4) is 0 Å². The summed E-state index contributed by atoms with van der Waals surface area (Å²) < 4.78 is 2.06. The van der Waals surface area contributed by atoms with Crippen molar-refractivity contribution >= 4 is 0 Å². The van der Waals surface area contributed by atoms with Gasteiger partial charge < -0.3 is 9.67 Å². The monoisotopic (exact) mass is 268 g/mol. The maximum absolute atomic E-state index is 10.7. The van der Waals surface area contributed by atoms with Gasteiger partial charge in [-0.2, -0.15) is 0 Å². The number of aryl methyl sites for hydroxylation is 2. The van der Waals surface area contributed by atoms with Crippen LogP contribution in [0.15, 0.2) is 36.7 Å². The SMILES string of the molecule is CCn1ccnc1C(O)C1C2CCc3ccccc3C21. The lowest BCUT2D eigenvalue weighted by Gasteiger charge is -2.13. The van der Waals surface area contributed by atoms with Gasteiger partial charge in [-0.1, -0.05) is 24.3 Å². The third-order valence-corrected chi connectivity index (χ3v) is 5.11. The first-order valence-electron chi connectivity index (χ1n) is 7.58. The molecule has 4 unspecified atom stereocenters. The number of nitrogens with zero attached hydrogens (tertiary/aromatic N) is 2. The van der Waals surface area contributed by atoms with Crippen LogP contribution < -0.4 is 0 Å². The summed E-state index contributed by atoms with van der Waals surface area (Å²) in [7, 11) is 0. The maximum Gasteiger partial charge on any atom is 0.137 e. The van der Waals surface area contributed by atoms with E-state index < -0.39 is 6.10 Å². The van der Waals surface area contributed by atoms with Crippen molar-refractivity contribution < 1.29 is 5.11 Å². The molecule has 0 saturated heterocycles. The molecule has 1 aromatic carbocycles. The van der Waals surface area contributed by atoms with Crippen molar-refractivity contribution in [2.75, 3.05) is 0 Å². The van der Waals surface area contributed by atoms with Crippen LogP contribution in [-0.4, -0.2) is 14.7 Å². The molecule has 1 fully saturated rings. The summed E-state index contributed by atoms with van der Waals surface area (Å²) in [5.41, 5.74) is 2.93. The number of rotatable bonds is 3. The van der Waals surface area contributed by atoms with Crippen LogP contribution in [0, 0.1) is 11.8 Å². The highest BCUT2D eigenvalue weighted by Gasteiger charge is 2.57. The van der Waals surface area contributed by atoms with Crippen LogP contribution in [0.4, 0.5) is 0 Å². The van der Waals surface area contributed by atoms with Gasteiger partial charge in [0.1, 0.15) is 11.9 Å². The first kappa shape index (κ1) is 12.2. The molecule has 3 nitrogen and oxygen atoms in total. The fraction of sp³-hybridized carbons (Fsp3) is 0.471. The molecular formula is C17H20N2O. The molecule has 0 aliphatic heterocycles. The molecule has 0 radical (unpaired) electrons. The Hall–Kier alpha value is -1.61. The van der Waals surface area contributed by atoms with Crippen molar-refractivity contribution in [3.8, 4) is 0 Å². The third-order valence-electron chi connectivity index (χ3n) is 5.11. The fourth-order valence-electron chi connectivity index (χ4n) is 4.08. The normalized spacial score (nSPS) is 28.6. The van der Waals surface area contributed by atoms with Crippen molar-refractivity contribution in [3.05, 3.63) is 53.6 Å². The Kier molecular flexibility index (Phi) is 2.71. The molecule has 1 saturated carbocycles. The van der Waals surface area contributed by atoms with E-state index in [1.807, 2.05) is 6.20 Å². The van der Waals surface area contributed by atoms with E-state index in [0.29, 0.717) is 17.8 Å². The summed E-state index contributed by atoms with van der Waals surface area (Å²) >= 11 is 0. The highest BCUT2D eigenvalue weighted by Crippen LogP contribution is 2.63. The Bertz CT molecular complexity index is 633. The Labute approximate surface area is 119 Å². The van der Waals surface area contributed by atoms with E-state index in [4.69, 9.17) is 0 Å². The van der Waals surface area contributed by atoms with Gasteiger partial charge in [-0.3, -0.25) is 0 Å². The minimum absolute atomic E-state index is 0.353. The largest absolute Gasteiger partial charge is 0.385 e. The van der Waals surface area contributed by atoms with Gasteiger partial charge in [0.05, 0.1) is 0 Å². The summed E-state index contributed by atoms with van der Waals surface area (Å²) in [6.45, 7) is 2.96. The Morgan fingerprint density at radius 2 is 2.25 bits per heavy atom. The molecule has 4 rings (SSSR count). The van der Waals surface area contributed by atoms with Crippen LogP contribution in [0.1, 0.15) is 42.3 Å². The highest BCUT2D eigenvalue weighted by atomic mass is 16.3. The zero-order chi connectivity index (χ0) is 13.7. The molecule has 1 N–H and O–H groups in total. The van der Waals surface area contributed by atoms with Gasteiger partial charge in [0, 0.05) is 24.9 Å². The summed E-state index contributed by atoms with van der Waals surface area (Å²) in [5.74, 6) is 2.37. The lowest BCUT2D eigenvalue weighted by Crippen LogP contribution is -2.10. The number of imidazole rings is 1. The number of aliphatic hydroxyl groups excluding tert-OH is 1. The fourth-order valence-corrected chi connectivity index (χ4v) is 4.08. The average Bonchev–Trinajstić information content (AvgIpc) is 3.04. The minimum Gasteiger partial charge on any atom is -0.385 e. The molecule has 20 heavy (non-hydrogen) atoms. The smallest absolute Gasteiger partial charge is 0.137 e. The van der Waals surface area contributed by atoms with Crippen LogP contribution in [0.2, 0.25) is 0 Å². The molecule has 3 heteroatoms. The number of fused-ring (bicyclic) bond motifs is 3. The Balaban J connectivity index is 1.64. The van der Waals surface area contributed by atoms with Crippen LogP contribution in [0.25, 0.3) is 0 Å². The molecule has 0 bridgehead atoms. The van der Waals surface area contributed by atoms with Gasteiger partial charge in [0.2, 0.25) is 0 Å².